The van der Waals surface area contributed by atoms with Crippen molar-refractivity contribution >= 4 is 41.9 Å². The highest BCUT2D eigenvalue weighted by atomic mass is 35.5. The third-order valence-corrected chi connectivity index (χ3v) is 3.28. The number of hydrogen-bond donors (Lipinski definition) is 1. The Morgan fingerprint density at radius 2 is 1.41 bits per heavy atom. The van der Waals surface area contributed by atoms with Crippen molar-refractivity contribution in [3.8, 4) is 0 Å². The Morgan fingerprint density at radius 3 is 2.00 bits per heavy atom. The summed E-state index contributed by atoms with van der Waals surface area (Å²) < 4.78 is 0. The zero-order valence-electron chi connectivity index (χ0n) is 13.1. The quantitative estimate of drug-likeness (QED) is 0.799. The summed E-state index contributed by atoms with van der Waals surface area (Å²) in [6, 6.07) is 18.5. The predicted octanol–water partition coefficient (Wildman–Crippen LogP) is 4.20. The third-order valence-electron chi connectivity index (χ3n) is 3.28. The summed E-state index contributed by atoms with van der Waals surface area (Å²) in [4.78, 5) is 4.50. The minimum absolute atomic E-state index is 0. The van der Waals surface area contributed by atoms with Crippen molar-refractivity contribution in [2.75, 3.05) is 37.8 Å². The highest BCUT2D eigenvalue weighted by Gasteiger charge is 2.11. The van der Waals surface area contributed by atoms with Gasteiger partial charge in [0.2, 0.25) is 0 Å². The van der Waals surface area contributed by atoms with Crippen LogP contribution in [0.25, 0.3) is 0 Å². The van der Waals surface area contributed by atoms with Crippen LogP contribution in [0.15, 0.2) is 54.6 Å². The lowest BCUT2D eigenvalue weighted by atomic mass is 10.2. The fourth-order valence-corrected chi connectivity index (χ4v) is 2.27. The Bertz CT molecular complexity index is 532. The maximum Gasteiger partial charge on any atom is 0.0644 e. The largest absolute Gasteiger partial charge is 0.397 e. The summed E-state index contributed by atoms with van der Waals surface area (Å²) in [5, 5.41) is 0. The Kier molecular flexibility index (Phi) is 9.66. The van der Waals surface area contributed by atoms with Gasteiger partial charge in [0.15, 0.2) is 0 Å². The second kappa shape index (κ2) is 10.3. The first-order valence-corrected chi connectivity index (χ1v) is 7.00. The molecular weight excluding hydrogens is 317 g/mol. The Labute approximate surface area is 145 Å². The fourth-order valence-electron chi connectivity index (χ4n) is 2.27. The average molecular weight is 342 g/mol. The third kappa shape index (κ3) is 5.76. The highest BCUT2D eigenvalue weighted by molar-refractivity contribution is 5.85. The van der Waals surface area contributed by atoms with E-state index in [1.807, 2.05) is 24.3 Å². The molecule has 0 radical (unpaired) electrons. The van der Waals surface area contributed by atoms with Crippen LogP contribution in [-0.2, 0) is 0 Å². The van der Waals surface area contributed by atoms with Gasteiger partial charge in [-0.25, -0.2) is 0 Å². The molecule has 0 aliphatic carbocycles. The van der Waals surface area contributed by atoms with Crippen molar-refractivity contribution in [2.24, 2.45) is 0 Å². The number of nitrogen functional groups attached to an aromatic ring is 1. The molecule has 0 spiro atoms. The molecular formula is C17H25Cl2N3. The number of hydrogen-bond acceptors (Lipinski definition) is 3. The van der Waals surface area contributed by atoms with Gasteiger partial charge >= 0.3 is 0 Å². The van der Waals surface area contributed by atoms with Gasteiger partial charge in [-0.15, -0.1) is 24.8 Å². The lowest BCUT2D eigenvalue weighted by Gasteiger charge is -2.27. The molecule has 2 aromatic carbocycles. The van der Waals surface area contributed by atoms with E-state index < -0.39 is 0 Å². The molecule has 2 N–H and O–H groups in total. The summed E-state index contributed by atoms with van der Waals surface area (Å²) in [5.41, 5.74) is 9.22. The van der Waals surface area contributed by atoms with Gasteiger partial charge in [-0.1, -0.05) is 30.3 Å². The average Bonchev–Trinajstić information content (AvgIpc) is 2.45. The van der Waals surface area contributed by atoms with E-state index in [1.165, 1.54) is 5.69 Å². The van der Waals surface area contributed by atoms with Crippen molar-refractivity contribution in [2.45, 2.75) is 6.42 Å². The molecule has 0 heterocycles. The van der Waals surface area contributed by atoms with Gasteiger partial charge in [-0.3, -0.25) is 0 Å². The van der Waals surface area contributed by atoms with Crippen LogP contribution in [0.4, 0.5) is 17.1 Å². The first-order chi connectivity index (χ1) is 9.68. The molecule has 0 aliphatic heterocycles. The van der Waals surface area contributed by atoms with Crippen LogP contribution in [0.5, 0.6) is 0 Å². The van der Waals surface area contributed by atoms with Crippen molar-refractivity contribution in [1.82, 2.24) is 4.90 Å². The molecule has 0 aromatic heterocycles. The molecule has 0 saturated carbocycles. The fraction of sp³-hybridized carbons (Fsp3) is 0.294. The molecule has 0 saturated heterocycles. The van der Waals surface area contributed by atoms with Gasteiger partial charge in [-0.05, 0) is 51.3 Å². The number of nitrogens with zero attached hydrogens (tertiary/aromatic N) is 2. The number of nitrogens with two attached hydrogens (primary N) is 1. The van der Waals surface area contributed by atoms with Gasteiger partial charge in [0.05, 0.1) is 11.4 Å². The number of para-hydroxylation sites is 3. The molecule has 5 heteroatoms. The summed E-state index contributed by atoms with van der Waals surface area (Å²) in [6.07, 6.45) is 1.09. The molecule has 2 aromatic rings. The number of rotatable bonds is 6. The van der Waals surface area contributed by atoms with Gasteiger partial charge in [0, 0.05) is 12.2 Å². The Morgan fingerprint density at radius 1 is 0.818 bits per heavy atom. The minimum Gasteiger partial charge on any atom is -0.397 e. The van der Waals surface area contributed by atoms with Crippen molar-refractivity contribution in [1.29, 1.82) is 0 Å². The first-order valence-electron chi connectivity index (χ1n) is 7.00. The van der Waals surface area contributed by atoms with Crippen molar-refractivity contribution < 1.29 is 0 Å². The van der Waals surface area contributed by atoms with E-state index in [1.54, 1.807) is 0 Å². The second-order valence-corrected chi connectivity index (χ2v) is 5.20. The summed E-state index contributed by atoms with van der Waals surface area (Å²) in [5.74, 6) is 0. The molecule has 2 rings (SSSR count). The number of benzene rings is 2. The van der Waals surface area contributed by atoms with E-state index in [4.69, 9.17) is 5.73 Å². The lowest BCUT2D eigenvalue weighted by Crippen LogP contribution is -2.23. The van der Waals surface area contributed by atoms with Crippen LogP contribution in [-0.4, -0.2) is 32.1 Å². The highest BCUT2D eigenvalue weighted by Crippen LogP contribution is 2.30. The molecule has 0 unspecified atom stereocenters. The molecule has 0 atom stereocenters. The molecule has 0 bridgehead atoms. The molecule has 0 amide bonds. The number of anilines is 3. The predicted molar refractivity (Wildman–Crippen MR) is 102 cm³/mol. The van der Waals surface area contributed by atoms with Crippen molar-refractivity contribution in [3.05, 3.63) is 54.6 Å². The minimum atomic E-state index is 0. The normalized spacial score (nSPS) is 9.77. The van der Waals surface area contributed by atoms with Crippen LogP contribution in [0, 0.1) is 0 Å². The van der Waals surface area contributed by atoms with Gasteiger partial charge < -0.3 is 15.5 Å². The van der Waals surface area contributed by atoms with Gasteiger partial charge in [-0.2, -0.15) is 0 Å². The molecule has 3 nitrogen and oxygen atoms in total. The summed E-state index contributed by atoms with van der Waals surface area (Å²) in [7, 11) is 4.20. The van der Waals surface area contributed by atoms with Crippen LogP contribution in [0.1, 0.15) is 6.42 Å². The molecule has 122 valence electrons. The van der Waals surface area contributed by atoms with E-state index in [0.29, 0.717) is 0 Å². The van der Waals surface area contributed by atoms with E-state index in [-0.39, 0.29) is 24.8 Å². The van der Waals surface area contributed by atoms with E-state index in [2.05, 4.69) is 54.2 Å². The topological polar surface area (TPSA) is 32.5 Å². The SMILES string of the molecule is CN(C)CCCN(c1ccccc1)c1ccccc1N.Cl.Cl. The lowest BCUT2D eigenvalue weighted by molar-refractivity contribution is 0.402. The summed E-state index contributed by atoms with van der Waals surface area (Å²) in [6.45, 7) is 2.02. The van der Waals surface area contributed by atoms with Crippen LogP contribution >= 0.6 is 24.8 Å². The maximum atomic E-state index is 6.14. The van der Waals surface area contributed by atoms with E-state index >= 15 is 0 Å². The van der Waals surface area contributed by atoms with Gasteiger partial charge in [0.1, 0.15) is 0 Å². The molecule has 0 aliphatic rings. The second-order valence-electron chi connectivity index (χ2n) is 5.20. The first kappa shape index (κ1) is 20.6. The van der Waals surface area contributed by atoms with Crippen LogP contribution < -0.4 is 10.6 Å². The summed E-state index contributed by atoms with van der Waals surface area (Å²) >= 11 is 0. The number of halogens is 2. The zero-order valence-corrected chi connectivity index (χ0v) is 14.7. The van der Waals surface area contributed by atoms with E-state index in [0.717, 1.165) is 30.9 Å². The van der Waals surface area contributed by atoms with Gasteiger partial charge in [0.25, 0.3) is 0 Å². The molecule has 22 heavy (non-hydrogen) atoms. The van der Waals surface area contributed by atoms with E-state index in [9.17, 15) is 0 Å². The Balaban J connectivity index is 0.00000220. The van der Waals surface area contributed by atoms with Crippen LogP contribution in [0.2, 0.25) is 0 Å². The zero-order chi connectivity index (χ0) is 14.4. The monoisotopic (exact) mass is 341 g/mol. The van der Waals surface area contributed by atoms with Crippen molar-refractivity contribution in [3.63, 3.8) is 0 Å². The maximum absolute atomic E-state index is 6.14. The standard InChI is InChI=1S/C17H23N3.2ClH/c1-19(2)13-8-14-20(15-9-4-3-5-10-15)17-12-7-6-11-16(17)18;;/h3-7,9-12H,8,13-14,18H2,1-2H3;2*1H. The smallest absolute Gasteiger partial charge is 0.0644 e. The molecule has 0 fully saturated rings. The Hall–Kier alpha value is -1.42. The van der Waals surface area contributed by atoms with Crippen LogP contribution in [0.3, 0.4) is 0 Å².